The molecule has 1 aromatic carbocycles. The summed E-state index contributed by atoms with van der Waals surface area (Å²) in [6, 6.07) is 8.45. The third-order valence-corrected chi connectivity index (χ3v) is 2.15. The van der Waals surface area contributed by atoms with Crippen LogP contribution in [-0.2, 0) is 25.2 Å². The van der Waals surface area contributed by atoms with Crippen LogP contribution < -0.4 is 4.18 Å². The fraction of sp³-hybridized carbons (Fsp3) is 0. The van der Waals surface area contributed by atoms with Crippen LogP contribution >= 0.6 is 0 Å². The number of rotatable bonds is 2. The summed E-state index contributed by atoms with van der Waals surface area (Å²) in [5.41, 5.74) is 0. The van der Waals surface area contributed by atoms with Gasteiger partial charge >= 0.3 is 73.9 Å². The molecule has 0 N–H and O–H groups in total. The summed E-state index contributed by atoms with van der Waals surface area (Å²) in [5, 5.41) is 0. The second-order valence-corrected chi connectivity index (χ2v) is 7.69. The predicted molar refractivity (Wildman–Crippen MR) is 36.0 cm³/mol. The molecule has 11 heavy (non-hydrogen) atoms. The maximum absolute atomic E-state index is 10.6. The van der Waals surface area contributed by atoms with Crippen molar-refractivity contribution in [2.45, 2.75) is 0 Å². The molecule has 0 fully saturated rings. The van der Waals surface area contributed by atoms with Crippen molar-refractivity contribution in [3.8, 4) is 5.75 Å². The molecule has 0 atom stereocenters. The molecule has 0 amide bonds. The van der Waals surface area contributed by atoms with Crippen molar-refractivity contribution in [3.63, 3.8) is 0 Å². The van der Waals surface area contributed by atoms with Gasteiger partial charge in [0.05, 0.1) is 0 Å². The van der Waals surface area contributed by atoms with Crippen molar-refractivity contribution in [3.05, 3.63) is 30.3 Å². The summed E-state index contributed by atoms with van der Waals surface area (Å²) < 4.78 is 25.9. The van der Waals surface area contributed by atoms with Crippen molar-refractivity contribution in [2.24, 2.45) is 0 Å². The molecular formula is C6H5O3SZn. The number of para-hydroxylation sites is 1. The van der Waals surface area contributed by atoms with Gasteiger partial charge < -0.3 is 0 Å². The Morgan fingerprint density at radius 3 is 2.18 bits per heavy atom. The van der Waals surface area contributed by atoms with E-state index in [-0.39, 0.29) is 17.1 Å². The van der Waals surface area contributed by atoms with Crippen molar-refractivity contribution < 1.29 is 29.7 Å². The van der Waals surface area contributed by atoms with E-state index in [1.807, 2.05) is 0 Å². The summed E-state index contributed by atoms with van der Waals surface area (Å²) in [6.07, 6.45) is 0. The molecule has 0 aliphatic carbocycles. The Bertz CT molecular complexity index is 319. The van der Waals surface area contributed by atoms with E-state index in [1.165, 1.54) is 0 Å². The molecule has 0 aliphatic rings. The summed E-state index contributed by atoms with van der Waals surface area (Å²) >= 11 is 0.113. The Kier molecular flexibility index (Phi) is 2.63. The Morgan fingerprint density at radius 1 is 1.18 bits per heavy atom. The monoisotopic (exact) mass is 221 g/mol. The molecule has 1 aromatic rings. The zero-order valence-corrected chi connectivity index (χ0v) is 9.51. The van der Waals surface area contributed by atoms with Gasteiger partial charge in [-0.3, -0.25) is 0 Å². The van der Waals surface area contributed by atoms with E-state index in [2.05, 4.69) is 4.18 Å². The zero-order valence-electron chi connectivity index (χ0n) is 5.73. The molecule has 0 saturated heterocycles. The first kappa shape index (κ1) is 8.69. The fourth-order valence-electron chi connectivity index (χ4n) is 0.623. The van der Waals surface area contributed by atoms with Gasteiger partial charge in [-0.05, 0) is 0 Å². The van der Waals surface area contributed by atoms with Crippen LogP contribution in [0.15, 0.2) is 30.3 Å². The average Bonchev–Trinajstić information content (AvgIpc) is 1.85. The summed E-state index contributed by atoms with van der Waals surface area (Å²) in [5.74, 6) is 0.374. The van der Waals surface area contributed by atoms with Gasteiger partial charge in [0.1, 0.15) is 0 Å². The summed E-state index contributed by atoms with van der Waals surface area (Å²) in [6.45, 7) is 0. The first-order chi connectivity index (χ1) is 5.08. The zero-order chi connectivity index (χ0) is 8.32. The molecule has 0 bridgehead atoms. The van der Waals surface area contributed by atoms with Crippen LogP contribution in [0.1, 0.15) is 0 Å². The first-order valence-corrected chi connectivity index (χ1v) is 8.11. The normalized spacial score (nSPS) is 11.1. The van der Waals surface area contributed by atoms with E-state index >= 15 is 0 Å². The molecule has 0 spiro atoms. The van der Waals surface area contributed by atoms with Crippen LogP contribution in [-0.4, -0.2) is 8.42 Å². The van der Waals surface area contributed by atoms with Crippen LogP contribution in [0.5, 0.6) is 5.75 Å². The summed E-state index contributed by atoms with van der Waals surface area (Å²) in [7, 11) is -3.25. The van der Waals surface area contributed by atoms with Gasteiger partial charge in [0, 0.05) is 0 Å². The molecule has 0 heterocycles. The molecule has 55 valence electrons. The Morgan fingerprint density at radius 2 is 1.73 bits per heavy atom. The molecule has 3 nitrogen and oxygen atoms in total. The predicted octanol–water partition coefficient (Wildman–Crippen LogP) is 0.857. The van der Waals surface area contributed by atoms with E-state index in [0.29, 0.717) is 5.75 Å². The molecule has 0 aromatic heterocycles. The maximum atomic E-state index is 10.6. The number of hydrogen-bond acceptors (Lipinski definition) is 3. The van der Waals surface area contributed by atoms with E-state index in [9.17, 15) is 8.42 Å². The Balaban J connectivity index is 2.82. The quantitative estimate of drug-likeness (QED) is 0.697. The van der Waals surface area contributed by atoms with Gasteiger partial charge in [0.2, 0.25) is 0 Å². The number of benzene rings is 1. The van der Waals surface area contributed by atoms with E-state index in [1.54, 1.807) is 30.3 Å². The molecular weight excluding hydrogens is 218 g/mol. The van der Waals surface area contributed by atoms with Crippen molar-refractivity contribution >= 4 is 8.11 Å². The van der Waals surface area contributed by atoms with E-state index in [0.717, 1.165) is 0 Å². The van der Waals surface area contributed by atoms with E-state index in [4.69, 9.17) is 0 Å². The topological polar surface area (TPSA) is 43.4 Å². The molecule has 0 saturated carbocycles. The Hall–Kier alpha value is -0.407. The van der Waals surface area contributed by atoms with Crippen LogP contribution in [0.2, 0.25) is 0 Å². The molecule has 0 unspecified atom stereocenters. The molecule has 5 heteroatoms. The SMILES string of the molecule is O=[S](=O)([Zn])Oc1ccccc1. The Labute approximate surface area is 74.0 Å². The molecule has 0 radical (unpaired) electrons. The summed E-state index contributed by atoms with van der Waals surface area (Å²) in [4.78, 5) is 0. The van der Waals surface area contributed by atoms with Crippen molar-refractivity contribution in [1.29, 1.82) is 0 Å². The van der Waals surface area contributed by atoms with Gasteiger partial charge in [0.25, 0.3) is 0 Å². The second-order valence-electron chi connectivity index (χ2n) is 1.95. The average molecular weight is 223 g/mol. The van der Waals surface area contributed by atoms with Gasteiger partial charge in [0.15, 0.2) is 0 Å². The van der Waals surface area contributed by atoms with Gasteiger partial charge in [-0.15, -0.1) is 0 Å². The second kappa shape index (κ2) is 3.33. The van der Waals surface area contributed by atoms with Crippen LogP contribution in [0.3, 0.4) is 0 Å². The van der Waals surface area contributed by atoms with Crippen molar-refractivity contribution in [2.75, 3.05) is 0 Å². The standard InChI is InChI=1S/C6H5O3S.Zn/c7-10(8)9-6-4-2-1-3-5-6;/h1-5H;. The minimum atomic E-state index is -3.25. The van der Waals surface area contributed by atoms with Crippen LogP contribution in [0, 0.1) is 0 Å². The van der Waals surface area contributed by atoms with Gasteiger partial charge in [-0.1, -0.05) is 0 Å². The number of hydrogen-bond donors (Lipinski definition) is 0. The molecule has 0 aliphatic heterocycles. The van der Waals surface area contributed by atoms with Gasteiger partial charge in [-0.25, -0.2) is 0 Å². The minimum absolute atomic E-state index is 0.113. The fourth-order valence-corrected chi connectivity index (χ4v) is 1.88. The third-order valence-electron chi connectivity index (χ3n) is 0.966. The molecule has 1 rings (SSSR count). The van der Waals surface area contributed by atoms with Crippen LogP contribution in [0.25, 0.3) is 0 Å². The third kappa shape index (κ3) is 3.49. The van der Waals surface area contributed by atoms with Crippen LogP contribution in [0.4, 0.5) is 0 Å². The van der Waals surface area contributed by atoms with Crippen molar-refractivity contribution in [1.82, 2.24) is 0 Å². The first-order valence-electron chi connectivity index (χ1n) is 2.90. The van der Waals surface area contributed by atoms with Gasteiger partial charge in [-0.2, -0.15) is 0 Å². The van der Waals surface area contributed by atoms with E-state index < -0.39 is 8.11 Å².